The molecule has 3 rings (SSSR count). The number of carbonyl (C=O) groups is 1. The minimum atomic E-state index is -4.49. The van der Waals surface area contributed by atoms with Crippen molar-refractivity contribution in [2.24, 2.45) is 0 Å². The molecular formula is C20H17F3NO2-. The van der Waals surface area contributed by atoms with E-state index in [1.807, 2.05) is 25.1 Å². The quantitative estimate of drug-likeness (QED) is 0.747. The fraction of sp³-hybridized carbons (Fsp3) is 0.250. The molecule has 0 fully saturated rings. The number of para-hydroxylation sites is 1. The summed E-state index contributed by atoms with van der Waals surface area (Å²) in [7, 11) is 0. The van der Waals surface area contributed by atoms with Crippen LogP contribution in [0.2, 0.25) is 0 Å². The van der Waals surface area contributed by atoms with E-state index >= 15 is 0 Å². The van der Waals surface area contributed by atoms with Crippen molar-refractivity contribution in [1.82, 2.24) is 4.98 Å². The standard InChI is InChI=1S/C20H18F3NO2/c1-2-12-5-4-8-15-17(11-24-19(12)15)16(10-18(25)26)13-6-3-7-14(9-13)20(21,22)23/h3-9,11,16,24H,2,10H2,1H3,(H,25,26)/p-1/t16-/m1/s1. The average molecular weight is 360 g/mol. The van der Waals surface area contributed by atoms with Gasteiger partial charge in [-0.1, -0.05) is 43.3 Å². The summed E-state index contributed by atoms with van der Waals surface area (Å²) >= 11 is 0. The minimum Gasteiger partial charge on any atom is -0.550 e. The van der Waals surface area contributed by atoms with Crippen LogP contribution in [0.4, 0.5) is 13.2 Å². The minimum absolute atomic E-state index is 0.298. The number of hydrogen-bond acceptors (Lipinski definition) is 2. The Labute approximate surface area is 148 Å². The number of benzene rings is 2. The number of aromatic nitrogens is 1. The zero-order chi connectivity index (χ0) is 18.9. The number of rotatable bonds is 5. The zero-order valence-electron chi connectivity index (χ0n) is 14.1. The summed E-state index contributed by atoms with van der Waals surface area (Å²) in [6, 6.07) is 10.5. The lowest BCUT2D eigenvalue weighted by Gasteiger charge is -2.19. The van der Waals surface area contributed by atoms with Gasteiger partial charge in [0.1, 0.15) is 0 Å². The van der Waals surface area contributed by atoms with E-state index in [-0.39, 0.29) is 0 Å². The fourth-order valence-corrected chi connectivity index (χ4v) is 3.33. The molecule has 0 saturated carbocycles. The van der Waals surface area contributed by atoms with E-state index in [0.29, 0.717) is 11.1 Å². The van der Waals surface area contributed by atoms with Gasteiger partial charge in [0.2, 0.25) is 0 Å². The predicted molar refractivity (Wildman–Crippen MR) is 90.6 cm³/mol. The van der Waals surface area contributed by atoms with E-state index in [9.17, 15) is 23.1 Å². The summed E-state index contributed by atoms with van der Waals surface area (Å²) in [4.78, 5) is 14.4. The fourth-order valence-electron chi connectivity index (χ4n) is 3.33. The van der Waals surface area contributed by atoms with Gasteiger partial charge in [0.15, 0.2) is 0 Å². The third-order valence-electron chi connectivity index (χ3n) is 4.58. The van der Waals surface area contributed by atoms with Gasteiger partial charge in [0, 0.05) is 29.0 Å². The summed E-state index contributed by atoms with van der Waals surface area (Å²) in [5, 5.41) is 12.1. The molecule has 0 aliphatic rings. The highest BCUT2D eigenvalue weighted by Gasteiger charge is 2.31. The van der Waals surface area contributed by atoms with Crippen molar-refractivity contribution >= 4 is 16.9 Å². The van der Waals surface area contributed by atoms with Gasteiger partial charge in [-0.2, -0.15) is 13.2 Å². The monoisotopic (exact) mass is 360 g/mol. The zero-order valence-corrected chi connectivity index (χ0v) is 14.1. The second kappa shape index (κ2) is 6.86. The first kappa shape index (κ1) is 18.0. The maximum atomic E-state index is 13.1. The normalized spacial score (nSPS) is 13.1. The van der Waals surface area contributed by atoms with Crippen LogP contribution in [-0.4, -0.2) is 11.0 Å². The number of halogens is 3. The Hall–Kier alpha value is -2.76. The smallest absolute Gasteiger partial charge is 0.416 e. The number of fused-ring (bicyclic) bond motifs is 1. The SMILES string of the molecule is CCc1cccc2c([C@H](CC(=O)[O-])c3cccc(C(F)(F)F)c3)c[nH]c12. The third-order valence-corrected chi connectivity index (χ3v) is 4.58. The van der Waals surface area contributed by atoms with Gasteiger partial charge in [-0.15, -0.1) is 0 Å². The molecule has 0 bridgehead atoms. The van der Waals surface area contributed by atoms with Crippen LogP contribution in [0, 0.1) is 0 Å². The molecule has 0 unspecified atom stereocenters. The second-order valence-corrected chi connectivity index (χ2v) is 6.19. The predicted octanol–water partition coefficient (Wildman–Crippen LogP) is 4.02. The van der Waals surface area contributed by atoms with Crippen LogP contribution in [0.5, 0.6) is 0 Å². The highest BCUT2D eigenvalue weighted by molar-refractivity contribution is 5.87. The summed E-state index contributed by atoms with van der Waals surface area (Å²) in [5.41, 5.74) is 2.09. The molecule has 0 radical (unpaired) electrons. The van der Waals surface area contributed by atoms with Gasteiger partial charge in [0.25, 0.3) is 0 Å². The van der Waals surface area contributed by atoms with E-state index in [1.54, 1.807) is 6.20 Å². The van der Waals surface area contributed by atoms with E-state index in [0.717, 1.165) is 35.0 Å². The van der Waals surface area contributed by atoms with Crippen LogP contribution in [0.1, 0.15) is 41.5 Å². The van der Waals surface area contributed by atoms with Crippen molar-refractivity contribution in [2.45, 2.75) is 31.9 Å². The Morgan fingerprint density at radius 3 is 2.58 bits per heavy atom. The van der Waals surface area contributed by atoms with Crippen molar-refractivity contribution in [3.63, 3.8) is 0 Å². The number of carbonyl (C=O) groups excluding carboxylic acids is 1. The molecule has 3 nitrogen and oxygen atoms in total. The number of alkyl halides is 3. The lowest BCUT2D eigenvalue weighted by Crippen LogP contribution is -2.25. The van der Waals surface area contributed by atoms with Gasteiger partial charge in [-0.05, 0) is 35.6 Å². The molecule has 1 heterocycles. The van der Waals surface area contributed by atoms with Crippen molar-refractivity contribution in [2.75, 3.05) is 0 Å². The Morgan fingerprint density at radius 2 is 1.92 bits per heavy atom. The lowest BCUT2D eigenvalue weighted by atomic mass is 9.87. The largest absolute Gasteiger partial charge is 0.550 e. The van der Waals surface area contributed by atoms with Gasteiger partial charge in [-0.25, -0.2) is 0 Å². The van der Waals surface area contributed by atoms with Crippen LogP contribution in [0.25, 0.3) is 10.9 Å². The van der Waals surface area contributed by atoms with Gasteiger partial charge in [0.05, 0.1) is 5.56 Å². The Kier molecular flexibility index (Phi) is 4.76. The first-order chi connectivity index (χ1) is 12.3. The summed E-state index contributed by atoms with van der Waals surface area (Å²) in [6.07, 6.45) is -2.42. The summed E-state index contributed by atoms with van der Waals surface area (Å²) in [6.45, 7) is 2.00. The number of nitrogens with one attached hydrogen (secondary N) is 1. The van der Waals surface area contributed by atoms with Crippen LogP contribution in [-0.2, 0) is 17.4 Å². The number of hydrogen-bond donors (Lipinski definition) is 1. The van der Waals surface area contributed by atoms with Crippen LogP contribution < -0.4 is 5.11 Å². The topological polar surface area (TPSA) is 55.9 Å². The van der Waals surface area contributed by atoms with Crippen LogP contribution in [0.15, 0.2) is 48.7 Å². The molecule has 0 spiro atoms. The van der Waals surface area contributed by atoms with E-state index in [4.69, 9.17) is 0 Å². The third kappa shape index (κ3) is 3.45. The second-order valence-electron chi connectivity index (χ2n) is 6.19. The van der Waals surface area contributed by atoms with Crippen molar-refractivity contribution in [3.05, 3.63) is 70.9 Å². The highest BCUT2D eigenvalue weighted by atomic mass is 19.4. The Bertz CT molecular complexity index is 944. The van der Waals surface area contributed by atoms with Crippen LogP contribution >= 0.6 is 0 Å². The molecule has 1 aromatic heterocycles. The first-order valence-electron chi connectivity index (χ1n) is 8.27. The van der Waals surface area contributed by atoms with E-state index in [2.05, 4.69) is 4.98 Å². The molecule has 0 amide bonds. The molecule has 1 N–H and O–H groups in total. The lowest BCUT2D eigenvalue weighted by molar-refractivity contribution is -0.305. The van der Waals surface area contributed by atoms with Gasteiger partial charge >= 0.3 is 6.18 Å². The number of carboxylic acids is 1. The summed E-state index contributed by atoms with van der Waals surface area (Å²) in [5.74, 6) is -2.04. The molecule has 0 aliphatic heterocycles. The number of aromatic amines is 1. The highest BCUT2D eigenvalue weighted by Crippen LogP contribution is 2.37. The van der Waals surface area contributed by atoms with Crippen molar-refractivity contribution in [1.29, 1.82) is 0 Å². The number of carboxylic acid groups (broad SMARTS) is 1. The number of H-pyrrole nitrogens is 1. The number of aryl methyl sites for hydroxylation is 1. The molecule has 26 heavy (non-hydrogen) atoms. The maximum absolute atomic E-state index is 13.1. The van der Waals surface area contributed by atoms with Crippen molar-refractivity contribution in [3.8, 4) is 0 Å². The Balaban J connectivity index is 2.15. The molecule has 1 atom stereocenters. The van der Waals surface area contributed by atoms with E-state index in [1.165, 1.54) is 12.1 Å². The molecular weight excluding hydrogens is 343 g/mol. The Morgan fingerprint density at radius 1 is 1.19 bits per heavy atom. The average Bonchev–Trinajstić information content (AvgIpc) is 3.02. The molecule has 3 aromatic rings. The number of aliphatic carboxylic acids is 1. The summed E-state index contributed by atoms with van der Waals surface area (Å²) < 4.78 is 39.2. The van der Waals surface area contributed by atoms with Crippen LogP contribution in [0.3, 0.4) is 0 Å². The molecule has 6 heteroatoms. The molecule has 0 aliphatic carbocycles. The molecule has 136 valence electrons. The van der Waals surface area contributed by atoms with Gasteiger partial charge in [-0.3, -0.25) is 0 Å². The first-order valence-corrected chi connectivity index (χ1v) is 8.27. The maximum Gasteiger partial charge on any atom is 0.416 e. The van der Waals surface area contributed by atoms with Crippen molar-refractivity contribution < 1.29 is 23.1 Å². The molecule has 0 saturated heterocycles. The van der Waals surface area contributed by atoms with E-state index < -0.39 is 30.0 Å². The molecule has 2 aromatic carbocycles. The van der Waals surface area contributed by atoms with Gasteiger partial charge < -0.3 is 14.9 Å².